The van der Waals surface area contributed by atoms with Crippen LogP contribution in [0.2, 0.25) is 0 Å². The van der Waals surface area contributed by atoms with Crippen molar-refractivity contribution in [2.24, 2.45) is 0 Å². The smallest absolute Gasteiger partial charge is 0.239 e. The maximum Gasteiger partial charge on any atom is 0.239 e. The summed E-state index contributed by atoms with van der Waals surface area (Å²) in [5.41, 5.74) is 1.33. The fraction of sp³-hybridized carbons (Fsp3) is 0.0323. The molecule has 180 valence electrons. The first kappa shape index (κ1) is 22.4. The molecule has 6 rings (SSSR count). The van der Waals surface area contributed by atoms with Gasteiger partial charge < -0.3 is 18.3 Å². The van der Waals surface area contributed by atoms with Gasteiger partial charge in [0.15, 0.2) is 11.5 Å². The summed E-state index contributed by atoms with van der Waals surface area (Å²) in [5.74, 6) is 0.752. The molecule has 0 N–H and O–H groups in total. The predicted molar refractivity (Wildman–Crippen MR) is 142 cm³/mol. The molecule has 0 amide bonds. The van der Waals surface area contributed by atoms with Gasteiger partial charge >= 0.3 is 0 Å². The van der Waals surface area contributed by atoms with Crippen LogP contribution >= 0.6 is 0 Å². The molecule has 37 heavy (non-hydrogen) atoms. The molecule has 0 aliphatic heterocycles. The molecule has 6 aromatic rings. The van der Waals surface area contributed by atoms with Crippen molar-refractivity contribution >= 4 is 21.9 Å². The molecule has 2 aromatic heterocycles. The van der Waals surface area contributed by atoms with Crippen LogP contribution in [0.4, 0.5) is 0 Å². The van der Waals surface area contributed by atoms with Gasteiger partial charge in [-0.15, -0.1) is 0 Å². The fourth-order valence-electron chi connectivity index (χ4n) is 4.35. The van der Waals surface area contributed by atoms with Crippen LogP contribution in [0.25, 0.3) is 44.6 Å². The molecule has 0 atom stereocenters. The molecular weight excluding hydrogens is 468 g/mol. The average Bonchev–Trinajstić information content (AvgIpc) is 2.95. The highest BCUT2D eigenvalue weighted by molar-refractivity contribution is 5.88. The van der Waals surface area contributed by atoms with Gasteiger partial charge in [-0.25, -0.2) is 0 Å². The van der Waals surface area contributed by atoms with Crippen LogP contribution < -0.4 is 20.3 Å². The average molecular weight is 488 g/mol. The van der Waals surface area contributed by atoms with Crippen molar-refractivity contribution in [3.05, 3.63) is 124 Å². The van der Waals surface area contributed by atoms with E-state index in [1.165, 1.54) is 7.11 Å². The monoisotopic (exact) mass is 488 g/mol. The standard InChI is InChI=1S/C31H20O6/c1-34-30-27(33)25-23(36-28(30)19-11-4-2-5-12-19)17-10-18-24(25)37-31-26(32)21-15-8-9-16-22(21)35-29(31)20-13-6-3-7-14-20/h2-18H,1H3. The summed E-state index contributed by atoms with van der Waals surface area (Å²) in [7, 11) is 1.42. The van der Waals surface area contributed by atoms with E-state index in [-0.39, 0.29) is 33.8 Å². The molecule has 0 saturated carbocycles. The van der Waals surface area contributed by atoms with Gasteiger partial charge in [0.1, 0.15) is 22.3 Å². The molecule has 0 unspecified atom stereocenters. The van der Waals surface area contributed by atoms with Gasteiger partial charge in [0.25, 0.3) is 0 Å². The van der Waals surface area contributed by atoms with Gasteiger partial charge in [-0.05, 0) is 24.3 Å². The van der Waals surface area contributed by atoms with Crippen molar-refractivity contribution in [3.63, 3.8) is 0 Å². The van der Waals surface area contributed by atoms with Crippen LogP contribution in [-0.2, 0) is 0 Å². The molecular formula is C31H20O6. The second kappa shape index (κ2) is 9.17. The normalized spacial score (nSPS) is 11.1. The van der Waals surface area contributed by atoms with Crippen molar-refractivity contribution in [1.29, 1.82) is 0 Å². The number of fused-ring (bicyclic) bond motifs is 2. The Morgan fingerprint density at radius 2 is 1.14 bits per heavy atom. The molecule has 0 aliphatic carbocycles. The topological polar surface area (TPSA) is 78.9 Å². The van der Waals surface area contributed by atoms with E-state index in [4.69, 9.17) is 18.3 Å². The second-order valence-corrected chi connectivity index (χ2v) is 8.34. The molecule has 0 bridgehead atoms. The number of hydrogen-bond donors (Lipinski definition) is 0. The van der Waals surface area contributed by atoms with E-state index in [9.17, 15) is 9.59 Å². The first-order chi connectivity index (χ1) is 18.2. The zero-order valence-corrected chi connectivity index (χ0v) is 19.8. The summed E-state index contributed by atoms with van der Waals surface area (Å²) < 4.78 is 24.0. The van der Waals surface area contributed by atoms with Gasteiger partial charge in [0, 0.05) is 11.1 Å². The Morgan fingerprint density at radius 3 is 1.81 bits per heavy atom. The Labute approximate surface area is 210 Å². The molecule has 0 radical (unpaired) electrons. The Bertz CT molecular complexity index is 1870. The predicted octanol–water partition coefficient (Wildman–Crippen LogP) is 7.03. The first-order valence-corrected chi connectivity index (χ1v) is 11.6. The minimum Gasteiger partial charge on any atom is -0.490 e. The van der Waals surface area contributed by atoms with Crippen molar-refractivity contribution in [2.75, 3.05) is 7.11 Å². The van der Waals surface area contributed by atoms with Crippen LogP contribution in [0.15, 0.2) is 122 Å². The number of para-hydroxylation sites is 1. The van der Waals surface area contributed by atoms with Crippen LogP contribution in [0, 0.1) is 0 Å². The zero-order valence-electron chi connectivity index (χ0n) is 19.8. The Hall–Kier alpha value is -5.10. The Kier molecular flexibility index (Phi) is 5.54. The lowest BCUT2D eigenvalue weighted by atomic mass is 10.1. The number of ether oxygens (including phenoxy) is 2. The number of methoxy groups -OCH3 is 1. The molecule has 2 heterocycles. The Morgan fingerprint density at radius 1 is 0.568 bits per heavy atom. The van der Waals surface area contributed by atoms with E-state index in [1.807, 2.05) is 60.7 Å². The third-order valence-electron chi connectivity index (χ3n) is 6.08. The molecule has 0 fully saturated rings. The minimum atomic E-state index is -0.412. The summed E-state index contributed by atoms with van der Waals surface area (Å²) >= 11 is 0. The highest BCUT2D eigenvalue weighted by Crippen LogP contribution is 2.38. The molecule has 6 nitrogen and oxygen atoms in total. The summed E-state index contributed by atoms with van der Waals surface area (Å²) in [6.45, 7) is 0. The maximum absolute atomic E-state index is 13.7. The summed E-state index contributed by atoms with van der Waals surface area (Å²) in [6, 6.07) is 30.4. The lowest BCUT2D eigenvalue weighted by molar-refractivity contribution is 0.398. The lowest BCUT2D eigenvalue weighted by Crippen LogP contribution is -2.11. The van der Waals surface area contributed by atoms with Gasteiger partial charge in [-0.1, -0.05) is 78.9 Å². The zero-order chi connectivity index (χ0) is 25.4. The van der Waals surface area contributed by atoms with E-state index < -0.39 is 5.43 Å². The molecule has 0 saturated heterocycles. The largest absolute Gasteiger partial charge is 0.490 e. The maximum atomic E-state index is 13.7. The van der Waals surface area contributed by atoms with Crippen LogP contribution in [0.5, 0.6) is 17.2 Å². The third kappa shape index (κ3) is 3.85. The molecule has 6 heteroatoms. The van der Waals surface area contributed by atoms with Crippen molar-refractivity contribution in [2.45, 2.75) is 0 Å². The van der Waals surface area contributed by atoms with E-state index in [0.29, 0.717) is 33.4 Å². The van der Waals surface area contributed by atoms with E-state index >= 15 is 0 Å². The van der Waals surface area contributed by atoms with Crippen molar-refractivity contribution < 1.29 is 18.3 Å². The minimum absolute atomic E-state index is 0.0251. The quantitative estimate of drug-likeness (QED) is 0.259. The summed E-state index contributed by atoms with van der Waals surface area (Å²) in [6.07, 6.45) is 0. The van der Waals surface area contributed by atoms with Crippen LogP contribution in [-0.4, -0.2) is 7.11 Å². The number of hydrogen-bond acceptors (Lipinski definition) is 6. The van der Waals surface area contributed by atoms with E-state index in [2.05, 4.69) is 0 Å². The second-order valence-electron chi connectivity index (χ2n) is 8.34. The summed E-state index contributed by atoms with van der Waals surface area (Å²) in [4.78, 5) is 27.2. The highest BCUT2D eigenvalue weighted by Gasteiger charge is 2.23. The lowest BCUT2D eigenvalue weighted by Gasteiger charge is -2.14. The van der Waals surface area contributed by atoms with Crippen LogP contribution in [0.1, 0.15) is 0 Å². The van der Waals surface area contributed by atoms with Crippen molar-refractivity contribution in [1.82, 2.24) is 0 Å². The first-order valence-electron chi connectivity index (χ1n) is 11.6. The van der Waals surface area contributed by atoms with Gasteiger partial charge in [-0.2, -0.15) is 0 Å². The number of rotatable bonds is 5. The highest BCUT2D eigenvalue weighted by atomic mass is 16.5. The van der Waals surface area contributed by atoms with E-state index in [0.717, 1.165) is 0 Å². The fourth-order valence-corrected chi connectivity index (χ4v) is 4.35. The van der Waals surface area contributed by atoms with Gasteiger partial charge in [0.05, 0.1) is 12.5 Å². The molecule has 0 aliphatic rings. The van der Waals surface area contributed by atoms with Gasteiger partial charge in [-0.3, -0.25) is 9.59 Å². The molecule has 0 spiro atoms. The van der Waals surface area contributed by atoms with E-state index in [1.54, 1.807) is 42.5 Å². The van der Waals surface area contributed by atoms with Crippen molar-refractivity contribution in [3.8, 4) is 39.9 Å². The van der Waals surface area contributed by atoms with Gasteiger partial charge in [0.2, 0.25) is 22.4 Å². The summed E-state index contributed by atoms with van der Waals surface area (Å²) in [5, 5.41) is 0.527. The van der Waals surface area contributed by atoms with Crippen LogP contribution in [0.3, 0.4) is 0 Å². The molecule has 4 aromatic carbocycles. The number of benzene rings is 4. The third-order valence-corrected chi connectivity index (χ3v) is 6.08. The Balaban J connectivity index is 1.60. The SMILES string of the molecule is COc1c(-c2ccccc2)oc2cccc(Oc3c(-c4ccccc4)oc4ccccc4c3=O)c2c1=O.